The standard InChI is InChI=1S/C15H11N3O/c16-8-12-7-15(17-9-11-5-6-19-10-11)18-14-4-2-1-3-13(12)14/h1-7,10H,9H2,(H,17,18). The summed E-state index contributed by atoms with van der Waals surface area (Å²) in [6.07, 6.45) is 3.31. The van der Waals surface area contributed by atoms with Gasteiger partial charge >= 0.3 is 0 Å². The number of aromatic nitrogens is 1. The molecule has 3 aromatic rings. The van der Waals surface area contributed by atoms with Gasteiger partial charge in [-0.15, -0.1) is 0 Å². The highest BCUT2D eigenvalue weighted by atomic mass is 16.3. The van der Waals surface area contributed by atoms with Crippen LogP contribution in [0.25, 0.3) is 10.9 Å². The van der Waals surface area contributed by atoms with Gasteiger partial charge in [0, 0.05) is 17.5 Å². The molecule has 2 heterocycles. The Morgan fingerprint density at radius 3 is 2.95 bits per heavy atom. The SMILES string of the molecule is N#Cc1cc(NCc2ccoc2)nc2ccccc12. The maximum absolute atomic E-state index is 9.19. The van der Waals surface area contributed by atoms with E-state index in [1.165, 1.54) is 0 Å². The molecule has 4 nitrogen and oxygen atoms in total. The van der Waals surface area contributed by atoms with E-state index >= 15 is 0 Å². The predicted octanol–water partition coefficient (Wildman–Crippen LogP) is 3.31. The second-order valence-corrected chi connectivity index (χ2v) is 4.17. The summed E-state index contributed by atoms with van der Waals surface area (Å²) in [6, 6.07) is 13.5. The van der Waals surface area contributed by atoms with E-state index in [0.717, 1.165) is 16.5 Å². The number of pyridine rings is 1. The number of hydrogen-bond donors (Lipinski definition) is 1. The van der Waals surface area contributed by atoms with Crippen LogP contribution >= 0.6 is 0 Å². The van der Waals surface area contributed by atoms with Crippen LogP contribution in [0.4, 0.5) is 5.82 Å². The fourth-order valence-electron chi connectivity index (χ4n) is 1.94. The van der Waals surface area contributed by atoms with Crippen molar-refractivity contribution in [3.8, 4) is 6.07 Å². The third-order valence-corrected chi connectivity index (χ3v) is 2.89. The Hall–Kier alpha value is -2.80. The van der Waals surface area contributed by atoms with E-state index in [9.17, 15) is 5.26 Å². The zero-order chi connectivity index (χ0) is 13.1. The molecule has 0 amide bonds. The van der Waals surface area contributed by atoms with Crippen LogP contribution in [-0.2, 0) is 6.54 Å². The summed E-state index contributed by atoms with van der Waals surface area (Å²) in [4.78, 5) is 4.49. The van der Waals surface area contributed by atoms with E-state index in [2.05, 4.69) is 16.4 Å². The Labute approximate surface area is 110 Å². The number of nitrogens with zero attached hydrogens (tertiary/aromatic N) is 2. The summed E-state index contributed by atoms with van der Waals surface area (Å²) in [6.45, 7) is 0.618. The van der Waals surface area contributed by atoms with Gasteiger partial charge in [0.25, 0.3) is 0 Å². The second kappa shape index (κ2) is 4.83. The van der Waals surface area contributed by atoms with Gasteiger partial charge in [-0.25, -0.2) is 4.98 Å². The zero-order valence-electron chi connectivity index (χ0n) is 10.1. The van der Waals surface area contributed by atoms with Crippen LogP contribution in [0, 0.1) is 11.3 Å². The number of nitriles is 1. The summed E-state index contributed by atoms with van der Waals surface area (Å²) >= 11 is 0. The van der Waals surface area contributed by atoms with Gasteiger partial charge in [0.05, 0.1) is 29.7 Å². The molecule has 0 saturated carbocycles. The van der Waals surface area contributed by atoms with Crippen LogP contribution in [0.1, 0.15) is 11.1 Å². The normalized spacial score (nSPS) is 10.3. The van der Waals surface area contributed by atoms with E-state index < -0.39 is 0 Å². The summed E-state index contributed by atoms with van der Waals surface area (Å²) < 4.78 is 5.01. The Morgan fingerprint density at radius 2 is 2.16 bits per heavy atom. The molecular weight excluding hydrogens is 238 g/mol. The molecule has 0 fully saturated rings. The minimum Gasteiger partial charge on any atom is -0.472 e. The number of nitrogens with one attached hydrogen (secondary N) is 1. The second-order valence-electron chi connectivity index (χ2n) is 4.17. The molecule has 0 bridgehead atoms. The lowest BCUT2D eigenvalue weighted by atomic mass is 10.1. The van der Waals surface area contributed by atoms with Gasteiger partial charge in [-0.1, -0.05) is 18.2 Å². The summed E-state index contributed by atoms with van der Waals surface area (Å²) in [5.74, 6) is 0.691. The third kappa shape index (κ3) is 2.26. The molecule has 3 rings (SSSR count). The maximum atomic E-state index is 9.19. The number of furan rings is 1. The van der Waals surface area contributed by atoms with Crippen molar-refractivity contribution in [3.63, 3.8) is 0 Å². The van der Waals surface area contributed by atoms with Gasteiger partial charge in [-0.3, -0.25) is 0 Å². The van der Waals surface area contributed by atoms with E-state index in [-0.39, 0.29) is 0 Å². The van der Waals surface area contributed by atoms with Crippen LogP contribution < -0.4 is 5.32 Å². The lowest BCUT2D eigenvalue weighted by Crippen LogP contribution is -2.01. The van der Waals surface area contributed by atoms with Crippen molar-refractivity contribution in [1.82, 2.24) is 4.98 Å². The van der Waals surface area contributed by atoms with Crippen molar-refractivity contribution in [2.45, 2.75) is 6.54 Å². The number of para-hydroxylation sites is 1. The lowest BCUT2D eigenvalue weighted by Gasteiger charge is -2.06. The van der Waals surface area contributed by atoms with Crippen LogP contribution in [-0.4, -0.2) is 4.98 Å². The number of fused-ring (bicyclic) bond motifs is 1. The Kier molecular flexibility index (Phi) is 2.87. The first kappa shape index (κ1) is 11.3. The first-order chi connectivity index (χ1) is 9.36. The van der Waals surface area contributed by atoms with Gasteiger partial charge in [0.1, 0.15) is 5.82 Å². The van der Waals surface area contributed by atoms with Gasteiger partial charge in [0.2, 0.25) is 0 Å². The van der Waals surface area contributed by atoms with E-state index in [0.29, 0.717) is 17.9 Å². The average Bonchev–Trinajstić information content (AvgIpc) is 2.97. The minimum absolute atomic E-state index is 0.618. The highest BCUT2D eigenvalue weighted by molar-refractivity contribution is 5.86. The molecule has 1 N–H and O–H groups in total. The molecule has 2 aromatic heterocycles. The van der Waals surface area contributed by atoms with Crippen molar-refractivity contribution in [2.75, 3.05) is 5.32 Å². The Bertz CT molecular complexity index is 742. The quantitative estimate of drug-likeness (QED) is 0.773. The first-order valence-electron chi connectivity index (χ1n) is 5.91. The number of rotatable bonds is 3. The highest BCUT2D eigenvalue weighted by Crippen LogP contribution is 2.20. The lowest BCUT2D eigenvalue weighted by molar-refractivity contribution is 0.564. The molecule has 0 saturated heterocycles. The van der Waals surface area contributed by atoms with Gasteiger partial charge in [0.15, 0.2) is 0 Å². The number of benzene rings is 1. The fraction of sp³-hybridized carbons (Fsp3) is 0.0667. The molecule has 19 heavy (non-hydrogen) atoms. The molecule has 0 spiro atoms. The van der Waals surface area contributed by atoms with E-state index in [1.807, 2.05) is 30.3 Å². The van der Waals surface area contributed by atoms with Gasteiger partial charge in [-0.2, -0.15) is 5.26 Å². The minimum atomic E-state index is 0.618. The number of anilines is 1. The molecule has 1 aromatic carbocycles. The molecule has 0 aliphatic carbocycles. The molecule has 4 heteroatoms. The Morgan fingerprint density at radius 1 is 1.26 bits per heavy atom. The van der Waals surface area contributed by atoms with Gasteiger partial charge < -0.3 is 9.73 Å². The van der Waals surface area contributed by atoms with Crippen LogP contribution in [0.2, 0.25) is 0 Å². The first-order valence-corrected chi connectivity index (χ1v) is 5.91. The van der Waals surface area contributed by atoms with Crippen LogP contribution in [0.5, 0.6) is 0 Å². The smallest absolute Gasteiger partial charge is 0.128 e. The molecule has 0 radical (unpaired) electrons. The van der Waals surface area contributed by atoms with Crippen molar-refractivity contribution in [3.05, 3.63) is 60.1 Å². The fourth-order valence-corrected chi connectivity index (χ4v) is 1.94. The van der Waals surface area contributed by atoms with Crippen LogP contribution in [0.3, 0.4) is 0 Å². The Balaban J connectivity index is 1.94. The molecule has 0 unspecified atom stereocenters. The predicted molar refractivity (Wildman–Crippen MR) is 72.5 cm³/mol. The highest BCUT2D eigenvalue weighted by Gasteiger charge is 2.05. The monoisotopic (exact) mass is 249 g/mol. The zero-order valence-corrected chi connectivity index (χ0v) is 10.1. The maximum Gasteiger partial charge on any atom is 0.128 e. The van der Waals surface area contributed by atoms with Crippen molar-refractivity contribution >= 4 is 16.7 Å². The third-order valence-electron chi connectivity index (χ3n) is 2.89. The molecule has 92 valence electrons. The van der Waals surface area contributed by atoms with Crippen molar-refractivity contribution in [2.24, 2.45) is 0 Å². The van der Waals surface area contributed by atoms with Crippen LogP contribution in [0.15, 0.2) is 53.3 Å². The largest absolute Gasteiger partial charge is 0.472 e. The number of hydrogen-bond acceptors (Lipinski definition) is 4. The topological polar surface area (TPSA) is 61.9 Å². The van der Waals surface area contributed by atoms with E-state index in [1.54, 1.807) is 18.6 Å². The van der Waals surface area contributed by atoms with Gasteiger partial charge in [-0.05, 0) is 18.2 Å². The summed E-state index contributed by atoms with van der Waals surface area (Å²) in [5, 5.41) is 13.3. The average molecular weight is 249 g/mol. The van der Waals surface area contributed by atoms with Crippen molar-refractivity contribution < 1.29 is 4.42 Å². The van der Waals surface area contributed by atoms with Crippen molar-refractivity contribution in [1.29, 1.82) is 5.26 Å². The molecule has 0 aliphatic heterocycles. The molecular formula is C15H11N3O. The van der Waals surface area contributed by atoms with E-state index in [4.69, 9.17) is 4.42 Å². The molecule has 0 atom stereocenters. The summed E-state index contributed by atoms with van der Waals surface area (Å²) in [7, 11) is 0. The summed E-state index contributed by atoms with van der Waals surface area (Å²) in [5.41, 5.74) is 2.48. The molecule has 0 aliphatic rings.